The van der Waals surface area contributed by atoms with E-state index in [4.69, 9.17) is 4.74 Å². The van der Waals surface area contributed by atoms with Gasteiger partial charge in [-0.05, 0) is 45.0 Å². The van der Waals surface area contributed by atoms with Gasteiger partial charge in [0.2, 0.25) is 5.91 Å². The molecule has 1 aromatic heterocycles. The number of fused-ring (bicyclic) bond motifs is 3. The van der Waals surface area contributed by atoms with Gasteiger partial charge in [-0.1, -0.05) is 25.7 Å². The smallest absolute Gasteiger partial charge is 0.271 e. The Morgan fingerprint density at radius 3 is 2.47 bits per heavy atom. The van der Waals surface area contributed by atoms with Crippen molar-refractivity contribution in [3.05, 3.63) is 30.0 Å². The number of carbonyl (C=O) groups is 2. The highest BCUT2D eigenvalue weighted by Gasteiger charge is 2.48. The Labute approximate surface area is 214 Å². The molecule has 1 saturated heterocycles. The topological polar surface area (TPSA) is 70.1 Å². The van der Waals surface area contributed by atoms with E-state index < -0.39 is 5.54 Å². The summed E-state index contributed by atoms with van der Waals surface area (Å²) in [4.78, 5) is 34.6. The number of rotatable bonds is 6. The molecule has 1 aliphatic carbocycles. The maximum atomic E-state index is 14.0. The number of nitrogens with zero attached hydrogens (tertiary/aromatic N) is 4. The number of nitrogens with one attached hydrogen (secondary N) is 1. The first-order chi connectivity index (χ1) is 17.4. The van der Waals surface area contributed by atoms with Gasteiger partial charge in [0.1, 0.15) is 17.0 Å². The van der Waals surface area contributed by atoms with Crippen molar-refractivity contribution in [1.82, 2.24) is 24.6 Å². The molecule has 2 aromatic rings. The summed E-state index contributed by atoms with van der Waals surface area (Å²) >= 11 is 0. The molecule has 8 heteroatoms. The highest BCUT2D eigenvalue weighted by atomic mass is 16.5. The molecule has 0 radical (unpaired) electrons. The van der Waals surface area contributed by atoms with E-state index in [1.54, 1.807) is 7.11 Å². The Morgan fingerprint density at radius 2 is 1.78 bits per heavy atom. The van der Waals surface area contributed by atoms with Gasteiger partial charge in [-0.15, -0.1) is 0 Å². The van der Waals surface area contributed by atoms with Crippen LogP contribution < -0.4 is 10.1 Å². The monoisotopic (exact) mass is 495 g/mol. The molecule has 2 fully saturated rings. The van der Waals surface area contributed by atoms with Crippen molar-refractivity contribution >= 4 is 22.7 Å². The summed E-state index contributed by atoms with van der Waals surface area (Å²) < 4.78 is 7.49. The third-order valence-corrected chi connectivity index (χ3v) is 8.55. The second kappa shape index (κ2) is 10.4. The zero-order chi connectivity index (χ0) is 25.3. The molecular weight excluding hydrogens is 454 g/mol. The summed E-state index contributed by atoms with van der Waals surface area (Å²) in [5, 5.41) is 4.36. The lowest BCUT2D eigenvalue weighted by atomic mass is 9.93. The van der Waals surface area contributed by atoms with E-state index in [1.165, 1.54) is 12.8 Å². The minimum absolute atomic E-state index is 0.0310. The van der Waals surface area contributed by atoms with Crippen molar-refractivity contribution in [1.29, 1.82) is 0 Å². The van der Waals surface area contributed by atoms with Crippen molar-refractivity contribution in [2.75, 3.05) is 53.4 Å². The summed E-state index contributed by atoms with van der Waals surface area (Å²) in [6.45, 7) is 7.75. The van der Waals surface area contributed by atoms with Crippen molar-refractivity contribution in [2.45, 2.75) is 63.6 Å². The molecule has 1 saturated carbocycles. The summed E-state index contributed by atoms with van der Waals surface area (Å²) in [7, 11) is 3.80. The van der Waals surface area contributed by atoms with Crippen molar-refractivity contribution in [2.24, 2.45) is 0 Å². The highest BCUT2D eigenvalue weighted by Crippen LogP contribution is 2.34. The van der Waals surface area contributed by atoms with Crippen LogP contribution in [0.1, 0.15) is 55.9 Å². The van der Waals surface area contributed by atoms with Gasteiger partial charge in [0.25, 0.3) is 5.91 Å². The van der Waals surface area contributed by atoms with Crippen LogP contribution in [0.25, 0.3) is 10.9 Å². The van der Waals surface area contributed by atoms with Crippen LogP contribution in [0, 0.1) is 0 Å². The van der Waals surface area contributed by atoms with Gasteiger partial charge in [-0.2, -0.15) is 0 Å². The molecule has 0 bridgehead atoms. The van der Waals surface area contributed by atoms with E-state index >= 15 is 0 Å². The SMILES string of the molecule is COc1ccc2cc3n(c2c1)C[C@@](C)(C(=O)NC1CCCCCC1)N(CCN1CCN(C)CC1)C3=O. The van der Waals surface area contributed by atoms with E-state index in [-0.39, 0.29) is 17.9 Å². The fourth-order valence-corrected chi connectivity index (χ4v) is 6.08. The number of benzene rings is 1. The lowest BCUT2D eigenvalue weighted by Crippen LogP contribution is -2.66. The molecule has 1 N–H and O–H groups in total. The third kappa shape index (κ3) is 4.85. The number of ether oxygens (including phenoxy) is 1. The van der Waals surface area contributed by atoms with Gasteiger partial charge in [-0.3, -0.25) is 14.5 Å². The van der Waals surface area contributed by atoms with Crippen molar-refractivity contribution in [3.8, 4) is 5.75 Å². The predicted octanol–water partition coefficient (Wildman–Crippen LogP) is 2.95. The maximum absolute atomic E-state index is 14.0. The zero-order valence-electron chi connectivity index (χ0n) is 22.1. The number of amides is 2. The molecule has 1 aromatic carbocycles. The van der Waals surface area contributed by atoms with Crippen LogP contribution in [0.15, 0.2) is 24.3 Å². The van der Waals surface area contributed by atoms with E-state index in [0.29, 0.717) is 18.8 Å². The van der Waals surface area contributed by atoms with Gasteiger partial charge in [0.05, 0.1) is 19.2 Å². The molecule has 3 heterocycles. The summed E-state index contributed by atoms with van der Waals surface area (Å²) in [6, 6.07) is 8.03. The molecule has 1 atom stereocenters. The van der Waals surface area contributed by atoms with Crippen LogP contribution >= 0.6 is 0 Å². The van der Waals surface area contributed by atoms with Crippen LogP contribution in [-0.2, 0) is 11.3 Å². The second-order valence-electron chi connectivity index (χ2n) is 11.1. The normalized spacial score (nSPS) is 24.5. The summed E-state index contributed by atoms with van der Waals surface area (Å²) in [5.74, 6) is 0.651. The summed E-state index contributed by atoms with van der Waals surface area (Å²) in [6.07, 6.45) is 6.82. The predicted molar refractivity (Wildman–Crippen MR) is 142 cm³/mol. The first-order valence-corrected chi connectivity index (χ1v) is 13.6. The Morgan fingerprint density at radius 1 is 1.06 bits per heavy atom. The fraction of sp³-hybridized carbons (Fsp3) is 0.643. The number of likely N-dealkylation sites (N-methyl/N-ethyl adjacent to an activating group) is 1. The molecule has 3 aliphatic rings. The lowest BCUT2D eigenvalue weighted by Gasteiger charge is -2.45. The van der Waals surface area contributed by atoms with Gasteiger partial charge >= 0.3 is 0 Å². The molecule has 5 rings (SSSR count). The molecule has 2 aliphatic heterocycles. The third-order valence-electron chi connectivity index (χ3n) is 8.55. The average Bonchev–Trinajstić information content (AvgIpc) is 3.04. The van der Waals surface area contributed by atoms with E-state index in [0.717, 1.165) is 75.1 Å². The summed E-state index contributed by atoms with van der Waals surface area (Å²) in [5.41, 5.74) is 0.624. The minimum Gasteiger partial charge on any atom is -0.497 e. The molecule has 2 amide bonds. The minimum atomic E-state index is -0.960. The van der Waals surface area contributed by atoms with Crippen LogP contribution in [0.2, 0.25) is 0 Å². The standard InChI is InChI=1S/C28H41N5O3/c1-28(27(35)29-22-8-6-4-5-7-9-22)20-32-24-19-23(36-3)11-10-21(24)18-25(32)26(34)33(28)17-16-31-14-12-30(2)13-15-31/h10-11,18-19,22H,4-9,12-17,20H2,1-3H3,(H,29,35)/t28-/m0/s1. The van der Waals surface area contributed by atoms with Crippen molar-refractivity contribution < 1.29 is 14.3 Å². The van der Waals surface area contributed by atoms with E-state index in [9.17, 15) is 9.59 Å². The number of aromatic nitrogens is 1. The van der Waals surface area contributed by atoms with Gasteiger partial charge in [-0.25, -0.2) is 0 Å². The first kappa shape index (κ1) is 25.1. The molecular formula is C28H41N5O3. The number of hydrogen-bond acceptors (Lipinski definition) is 5. The molecule has 0 unspecified atom stereocenters. The Balaban J connectivity index is 1.45. The Kier molecular flexibility index (Phi) is 7.26. The van der Waals surface area contributed by atoms with Crippen LogP contribution in [-0.4, -0.2) is 96.1 Å². The second-order valence-corrected chi connectivity index (χ2v) is 11.1. The van der Waals surface area contributed by atoms with Crippen molar-refractivity contribution in [3.63, 3.8) is 0 Å². The molecule has 0 spiro atoms. The van der Waals surface area contributed by atoms with Gasteiger partial charge < -0.3 is 24.4 Å². The Hall–Kier alpha value is -2.58. The van der Waals surface area contributed by atoms with Crippen LogP contribution in [0.3, 0.4) is 0 Å². The maximum Gasteiger partial charge on any atom is 0.271 e. The molecule has 36 heavy (non-hydrogen) atoms. The van der Waals surface area contributed by atoms with Crippen LogP contribution in [0.5, 0.6) is 5.75 Å². The van der Waals surface area contributed by atoms with Gasteiger partial charge in [0, 0.05) is 56.8 Å². The van der Waals surface area contributed by atoms with E-state index in [2.05, 4.69) is 22.2 Å². The fourth-order valence-electron chi connectivity index (χ4n) is 6.08. The first-order valence-electron chi connectivity index (χ1n) is 13.6. The zero-order valence-corrected chi connectivity index (χ0v) is 22.1. The molecule has 8 nitrogen and oxygen atoms in total. The lowest BCUT2D eigenvalue weighted by molar-refractivity contribution is -0.133. The quantitative estimate of drug-likeness (QED) is 0.624. The largest absolute Gasteiger partial charge is 0.497 e. The van der Waals surface area contributed by atoms with Gasteiger partial charge in [0.15, 0.2) is 0 Å². The number of hydrogen-bond donors (Lipinski definition) is 1. The number of piperazine rings is 1. The number of carbonyl (C=O) groups excluding carboxylic acids is 2. The highest BCUT2D eigenvalue weighted by molar-refractivity contribution is 6.03. The Bertz CT molecular complexity index is 1100. The van der Waals surface area contributed by atoms with E-state index in [1.807, 2.05) is 40.7 Å². The number of methoxy groups -OCH3 is 1. The molecule has 196 valence electrons. The van der Waals surface area contributed by atoms with Crippen LogP contribution in [0.4, 0.5) is 0 Å². The average molecular weight is 496 g/mol.